The van der Waals surface area contributed by atoms with E-state index in [1.165, 1.54) is 6.08 Å². The predicted octanol–water partition coefficient (Wildman–Crippen LogP) is 0.598. The van der Waals surface area contributed by atoms with Crippen molar-refractivity contribution in [2.45, 2.75) is 37.9 Å². The molecule has 7 heteroatoms. The molecule has 7 nitrogen and oxygen atoms in total. The molecule has 2 saturated heterocycles. The SMILES string of the molecule is C=CCOC(=O)N1CC2OC(C)(C)OC2C1C(=O)O. The van der Waals surface area contributed by atoms with Crippen molar-refractivity contribution in [3.05, 3.63) is 12.7 Å². The maximum atomic E-state index is 11.8. The van der Waals surface area contributed by atoms with E-state index in [0.717, 1.165) is 4.90 Å². The predicted molar refractivity (Wildman–Crippen MR) is 63.5 cm³/mol. The summed E-state index contributed by atoms with van der Waals surface area (Å²) in [5, 5.41) is 9.27. The summed E-state index contributed by atoms with van der Waals surface area (Å²) < 4.78 is 16.0. The molecule has 0 aromatic rings. The van der Waals surface area contributed by atoms with Gasteiger partial charge >= 0.3 is 12.1 Å². The number of ether oxygens (including phenoxy) is 3. The molecular formula is C12H17NO6. The molecule has 2 aliphatic rings. The summed E-state index contributed by atoms with van der Waals surface area (Å²) in [6.45, 7) is 7.03. The van der Waals surface area contributed by atoms with Crippen LogP contribution in [0.4, 0.5) is 4.79 Å². The molecule has 0 bridgehead atoms. The van der Waals surface area contributed by atoms with Gasteiger partial charge in [-0.2, -0.15) is 0 Å². The Morgan fingerprint density at radius 3 is 2.79 bits per heavy atom. The number of nitrogens with zero attached hydrogens (tertiary/aromatic N) is 1. The molecule has 2 aliphatic heterocycles. The van der Waals surface area contributed by atoms with Crippen LogP contribution in [-0.4, -0.2) is 59.3 Å². The van der Waals surface area contributed by atoms with Crippen molar-refractivity contribution in [2.75, 3.05) is 13.2 Å². The standard InChI is InChI=1S/C12H17NO6/c1-4-5-17-11(16)13-6-7-9(8(13)10(14)15)19-12(2,3)18-7/h4,7-9H,1,5-6H2,2-3H3,(H,14,15). The highest BCUT2D eigenvalue weighted by Crippen LogP contribution is 2.37. The van der Waals surface area contributed by atoms with Gasteiger partial charge in [0.15, 0.2) is 11.8 Å². The monoisotopic (exact) mass is 271 g/mol. The first-order valence-electron chi connectivity index (χ1n) is 5.98. The second kappa shape index (κ2) is 4.82. The van der Waals surface area contributed by atoms with Gasteiger partial charge in [-0.15, -0.1) is 0 Å². The van der Waals surface area contributed by atoms with Crippen LogP contribution in [0.5, 0.6) is 0 Å². The van der Waals surface area contributed by atoms with E-state index >= 15 is 0 Å². The van der Waals surface area contributed by atoms with Crippen molar-refractivity contribution in [3.8, 4) is 0 Å². The fourth-order valence-corrected chi connectivity index (χ4v) is 2.43. The molecule has 2 rings (SSSR count). The highest BCUT2D eigenvalue weighted by Gasteiger charge is 2.57. The Morgan fingerprint density at radius 1 is 1.53 bits per heavy atom. The Labute approximate surface area is 110 Å². The second-order valence-electron chi connectivity index (χ2n) is 4.94. The van der Waals surface area contributed by atoms with Gasteiger partial charge < -0.3 is 19.3 Å². The Bertz CT molecular complexity index is 407. The molecule has 0 aromatic heterocycles. The number of amides is 1. The van der Waals surface area contributed by atoms with Crippen LogP contribution in [0.25, 0.3) is 0 Å². The molecule has 0 saturated carbocycles. The fraction of sp³-hybridized carbons (Fsp3) is 0.667. The average molecular weight is 271 g/mol. The number of carbonyl (C=O) groups excluding carboxylic acids is 1. The summed E-state index contributed by atoms with van der Waals surface area (Å²) in [5.74, 6) is -1.97. The molecule has 3 unspecified atom stereocenters. The van der Waals surface area contributed by atoms with E-state index in [1.807, 2.05) is 0 Å². The van der Waals surface area contributed by atoms with Crippen LogP contribution in [-0.2, 0) is 19.0 Å². The number of rotatable bonds is 3. The van der Waals surface area contributed by atoms with Gasteiger partial charge in [0, 0.05) is 0 Å². The lowest BCUT2D eigenvalue weighted by molar-refractivity contribution is -0.168. The third-order valence-corrected chi connectivity index (χ3v) is 3.06. The number of hydrogen-bond donors (Lipinski definition) is 1. The van der Waals surface area contributed by atoms with Crippen molar-refractivity contribution in [3.63, 3.8) is 0 Å². The largest absolute Gasteiger partial charge is 0.480 e. The maximum Gasteiger partial charge on any atom is 0.411 e. The highest BCUT2D eigenvalue weighted by atomic mass is 16.8. The van der Waals surface area contributed by atoms with Crippen LogP contribution in [0, 0.1) is 0 Å². The van der Waals surface area contributed by atoms with Gasteiger partial charge in [-0.05, 0) is 13.8 Å². The summed E-state index contributed by atoms with van der Waals surface area (Å²) in [6, 6.07) is -1.09. The zero-order chi connectivity index (χ0) is 14.2. The number of likely N-dealkylation sites (tertiary alicyclic amines) is 1. The van der Waals surface area contributed by atoms with Crippen LogP contribution >= 0.6 is 0 Å². The van der Waals surface area contributed by atoms with Crippen molar-refractivity contribution < 1.29 is 28.9 Å². The van der Waals surface area contributed by atoms with Crippen LogP contribution in [0.3, 0.4) is 0 Å². The van der Waals surface area contributed by atoms with Crippen LogP contribution in [0.2, 0.25) is 0 Å². The third kappa shape index (κ3) is 2.57. The van der Waals surface area contributed by atoms with Crippen molar-refractivity contribution in [1.82, 2.24) is 4.90 Å². The molecule has 0 spiro atoms. The Hall–Kier alpha value is -1.60. The van der Waals surface area contributed by atoms with E-state index < -0.39 is 36.1 Å². The molecule has 106 valence electrons. The zero-order valence-electron chi connectivity index (χ0n) is 10.9. The molecule has 0 aliphatic carbocycles. The first kappa shape index (κ1) is 13.8. The average Bonchev–Trinajstić information content (AvgIpc) is 2.76. The minimum Gasteiger partial charge on any atom is -0.480 e. The van der Waals surface area contributed by atoms with Crippen LogP contribution < -0.4 is 0 Å². The topological polar surface area (TPSA) is 85.3 Å². The fourth-order valence-electron chi connectivity index (χ4n) is 2.43. The lowest BCUT2D eigenvalue weighted by atomic mass is 10.1. The first-order valence-corrected chi connectivity index (χ1v) is 5.98. The van der Waals surface area contributed by atoms with E-state index in [1.54, 1.807) is 13.8 Å². The molecular weight excluding hydrogens is 254 g/mol. The van der Waals surface area contributed by atoms with Gasteiger partial charge in [0.05, 0.1) is 6.54 Å². The Kier molecular flexibility index (Phi) is 3.51. The maximum absolute atomic E-state index is 11.8. The van der Waals surface area contributed by atoms with Gasteiger partial charge in [0.2, 0.25) is 0 Å². The number of aliphatic carboxylic acids is 1. The van der Waals surface area contributed by atoms with E-state index in [4.69, 9.17) is 14.2 Å². The summed E-state index contributed by atoms with van der Waals surface area (Å²) in [4.78, 5) is 24.3. The van der Waals surface area contributed by atoms with Crippen LogP contribution in [0.1, 0.15) is 13.8 Å². The molecule has 0 radical (unpaired) electrons. The molecule has 3 atom stereocenters. The summed E-state index contributed by atoms with van der Waals surface area (Å²) in [7, 11) is 0. The van der Waals surface area contributed by atoms with Crippen LogP contribution in [0.15, 0.2) is 12.7 Å². The number of carboxylic acids is 1. The van der Waals surface area contributed by atoms with Gasteiger partial charge in [-0.1, -0.05) is 12.7 Å². The minimum absolute atomic E-state index is 0.0320. The third-order valence-electron chi connectivity index (χ3n) is 3.06. The van der Waals surface area contributed by atoms with Gasteiger partial charge in [-0.3, -0.25) is 4.90 Å². The van der Waals surface area contributed by atoms with E-state index in [2.05, 4.69) is 6.58 Å². The van der Waals surface area contributed by atoms with E-state index in [-0.39, 0.29) is 13.2 Å². The lowest BCUT2D eigenvalue weighted by Gasteiger charge is -2.26. The number of fused-ring (bicyclic) bond motifs is 1. The second-order valence-corrected chi connectivity index (χ2v) is 4.94. The normalized spacial score (nSPS) is 31.9. The number of carboxylic acid groups (broad SMARTS) is 1. The Morgan fingerprint density at radius 2 is 2.21 bits per heavy atom. The highest BCUT2D eigenvalue weighted by molar-refractivity contribution is 5.82. The molecule has 19 heavy (non-hydrogen) atoms. The summed E-state index contributed by atoms with van der Waals surface area (Å²) in [6.07, 6.45) is -0.413. The van der Waals surface area contributed by atoms with Crippen molar-refractivity contribution in [2.24, 2.45) is 0 Å². The summed E-state index contributed by atoms with van der Waals surface area (Å²) in [5.41, 5.74) is 0. The summed E-state index contributed by atoms with van der Waals surface area (Å²) >= 11 is 0. The molecule has 2 heterocycles. The van der Waals surface area contributed by atoms with Gasteiger partial charge in [0.1, 0.15) is 18.8 Å². The molecule has 1 amide bonds. The van der Waals surface area contributed by atoms with Crippen molar-refractivity contribution >= 4 is 12.1 Å². The van der Waals surface area contributed by atoms with E-state index in [9.17, 15) is 14.7 Å². The smallest absolute Gasteiger partial charge is 0.411 e. The van der Waals surface area contributed by atoms with Crippen molar-refractivity contribution in [1.29, 1.82) is 0 Å². The molecule has 1 N–H and O–H groups in total. The quantitative estimate of drug-likeness (QED) is 0.756. The number of carbonyl (C=O) groups is 2. The van der Waals surface area contributed by atoms with Gasteiger partial charge in [-0.25, -0.2) is 9.59 Å². The van der Waals surface area contributed by atoms with Gasteiger partial charge in [0.25, 0.3) is 0 Å². The molecule has 0 aromatic carbocycles. The minimum atomic E-state index is -1.13. The zero-order valence-corrected chi connectivity index (χ0v) is 10.9. The molecule has 2 fully saturated rings. The Balaban J connectivity index is 2.13. The van der Waals surface area contributed by atoms with E-state index in [0.29, 0.717) is 0 Å². The first-order chi connectivity index (χ1) is 8.85. The number of hydrogen-bond acceptors (Lipinski definition) is 5. The lowest BCUT2D eigenvalue weighted by Crippen LogP contribution is -2.47.